The van der Waals surface area contributed by atoms with Crippen molar-refractivity contribution in [2.45, 2.75) is 19.4 Å². The van der Waals surface area contributed by atoms with Crippen LogP contribution in [0, 0.1) is 5.82 Å². The van der Waals surface area contributed by atoms with Gasteiger partial charge in [-0.25, -0.2) is 14.4 Å². The molecule has 0 spiro atoms. The lowest BCUT2D eigenvalue weighted by atomic mass is 10.2. The predicted octanol–water partition coefficient (Wildman–Crippen LogP) is 2.51. The number of aromatic amines is 1. The minimum atomic E-state index is -0.354. The van der Waals surface area contributed by atoms with E-state index in [1.54, 1.807) is 24.7 Å². The van der Waals surface area contributed by atoms with Crippen LogP contribution in [0.5, 0.6) is 0 Å². The van der Waals surface area contributed by atoms with Gasteiger partial charge in [0.2, 0.25) is 0 Å². The zero-order valence-electron chi connectivity index (χ0n) is 8.94. The molecule has 0 aromatic carbocycles. The Labute approximate surface area is 92.9 Å². The topological polar surface area (TPSA) is 53.6 Å². The van der Waals surface area contributed by atoms with Crippen LogP contribution in [-0.4, -0.2) is 15.0 Å². The summed E-state index contributed by atoms with van der Waals surface area (Å²) in [6.07, 6.45) is 5.77. The molecule has 2 N–H and O–H groups in total. The molecule has 1 atom stereocenters. The van der Waals surface area contributed by atoms with Crippen LogP contribution in [0.1, 0.15) is 25.2 Å². The van der Waals surface area contributed by atoms with Crippen molar-refractivity contribution in [3.05, 3.63) is 42.4 Å². The Balaban J connectivity index is 2.17. The van der Waals surface area contributed by atoms with Crippen molar-refractivity contribution in [2.75, 3.05) is 5.32 Å². The van der Waals surface area contributed by atoms with Gasteiger partial charge in [-0.3, -0.25) is 0 Å². The zero-order valence-corrected chi connectivity index (χ0v) is 8.94. The number of hydrogen-bond acceptors (Lipinski definition) is 3. The lowest BCUT2D eigenvalue weighted by Crippen LogP contribution is -2.13. The molecule has 84 valence electrons. The van der Waals surface area contributed by atoms with Gasteiger partial charge in [-0.05, 0) is 18.6 Å². The van der Waals surface area contributed by atoms with E-state index in [0.29, 0.717) is 0 Å². The number of nitrogens with one attached hydrogen (secondary N) is 2. The van der Waals surface area contributed by atoms with E-state index < -0.39 is 0 Å². The van der Waals surface area contributed by atoms with E-state index in [9.17, 15) is 4.39 Å². The number of halogens is 1. The van der Waals surface area contributed by atoms with Crippen LogP contribution >= 0.6 is 0 Å². The zero-order chi connectivity index (χ0) is 11.4. The first-order valence-electron chi connectivity index (χ1n) is 5.17. The van der Waals surface area contributed by atoms with Crippen LogP contribution in [0.15, 0.2) is 30.7 Å². The molecule has 0 saturated carbocycles. The van der Waals surface area contributed by atoms with Gasteiger partial charge in [0.05, 0.1) is 6.04 Å². The van der Waals surface area contributed by atoms with Gasteiger partial charge in [0.15, 0.2) is 11.6 Å². The van der Waals surface area contributed by atoms with E-state index in [4.69, 9.17) is 0 Å². The van der Waals surface area contributed by atoms with Crippen molar-refractivity contribution in [1.82, 2.24) is 15.0 Å². The Morgan fingerprint density at radius 3 is 2.94 bits per heavy atom. The predicted molar refractivity (Wildman–Crippen MR) is 59.4 cm³/mol. The van der Waals surface area contributed by atoms with Crippen LogP contribution in [0.3, 0.4) is 0 Å². The number of pyridine rings is 1. The summed E-state index contributed by atoms with van der Waals surface area (Å²) >= 11 is 0. The normalized spacial score (nSPS) is 12.4. The van der Waals surface area contributed by atoms with Gasteiger partial charge < -0.3 is 10.3 Å². The molecule has 5 heteroatoms. The van der Waals surface area contributed by atoms with Crippen LogP contribution in [0.25, 0.3) is 0 Å². The van der Waals surface area contributed by atoms with Crippen molar-refractivity contribution in [3.63, 3.8) is 0 Å². The lowest BCUT2D eigenvalue weighted by Gasteiger charge is -2.15. The highest BCUT2D eigenvalue weighted by Crippen LogP contribution is 2.19. The summed E-state index contributed by atoms with van der Waals surface area (Å²) < 4.78 is 13.4. The molecule has 2 heterocycles. The molecule has 4 nitrogen and oxygen atoms in total. The Kier molecular flexibility index (Phi) is 3.14. The molecule has 2 aromatic heterocycles. The maximum absolute atomic E-state index is 13.4. The second-order valence-electron chi connectivity index (χ2n) is 3.41. The van der Waals surface area contributed by atoms with Crippen LogP contribution < -0.4 is 5.32 Å². The van der Waals surface area contributed by atoms with E-state index >= 15 is 0 Å². The van der Waals surface area contributed by atoms with Gasteiger partial charge in [-0.1, -0.05) is 6.92 Å². The van der Waals surface area contributed by atoms with Crippen molar-refractivity contribution in [3.8, 4) is 0 Å². The third-order valence-electron chi connectivity index (χ3n) is 2.33. The van der Waals surface area contributed by atoms with Gasteiger partial charge in [-0.2, -0.15) is 0 Å². The largest absolute Gasteiger partial charge is 0.358 e. The third-order valence-corrected chi connectivity index (χ3v) is 2.33. The minimum absolute atomic E-state index is 0.0561. The molecule has 2 rings (SSSR count). The highest BCUT2D eigenvalue weighted by atomic mass is 19.1. The molecular weight excluding hydrogens is 207 g/mol. The van der Waals surface area contributed by atoms with Crippen molar-refractivity contribution >= 4 is 5.82 Å². The number of nitrogens with zero attached hydrogens (tertiary/aromatic N) is 2. The average molecular weight is 220 g/mol. The molecule has 0 saturated heterocycles. The van der Waals surface area contributed by atoms with Gasteiger partial charge in [-0.15, -0.1) is 0 Å². The maximum Gasteiger partial charge on any atom is 0.165 e. The van der Waals surface area contributed by atoms with E-state index in [1.165, 1.54) is 6.07 Å². The summed E-state index contributed by atoms with van der Waals surface area (Å²) in [7, 11) is 0. The number of aromatic nitrogens is 3. The standard InChI is InChI=1S/C11H13FN4/c1-2-9(11-14-6-7-15-11)16-10-8(12)4-3-5-13-10/h3-7,9H,2H2,1H3,(H,13,16)(H,14,15). The molecule has 2 aromatic rings. The first-order chi connectivity index (χ1) is 7.81. The van der Waals surface area contributed by atoms with Gasteiger partial charge in [0.1, 0.15) is 5.82 Å². The number of hydrogen-bond donors (Lipinski definition) is 2. The molecule has 0 bridgehead atoms. The van der Waals surface area contributed by atoms with E-state index in [0.717, 1.165) is 12.2 Å². The van der Waals surface area contributed by atoms with E-state index in [1.807, 2.05) is 6.92 Å². The highest BCUT2D eigenvalue weighted by molar-refractivity contribution is 5.37. The molecule has 0 amide bonds. The number of imidazole rings is 1. The summed E-state index contributed by atoms with van der Waals surface area (Å²) in [5.41, 5.74) is 0. The molecule has 0 aliphatic rings. The monoisotopic (exact) mass is 220 g/mol. The summed E-state index contributed by atoms with van der Waals surface area (Å²) in [4.78, 5) is 11.1. The van der Waals surface area contributed by atoms with Gasteiger partial charge in [0, 0.05) is 18.6 Å². The fraction of sp³-hybridized carbons (Fsp3) is 0.273. The Hall–Kier alpha value is -1.91. The SMILES string of the molecule is CCC(Nc1ncccc1F)c1ncc[nH]1. The summed E-state index contributed by atoms with van der Waals surface area (Å²) in [5.74, 6) is 0.686. The molecule has 0 fully saturated rings. The minimum Gasteiger partial charge on any atom is -0.358 e. The Bertz CT molecular complexity index is 441. The first kappa shape index (κ1) is 10.6. The Morgan fingerprint density at radius 2 is 2.31 bits per heavy atom. The fourth-order valence-electron chi connectivity index (χ4n) is 1.49. The number of H-pyrrole nitrogens is 1. The first-order valence-corrected chi connectivity index (χ1v) is 5.17. The quantitative estimate of drug-likeness (QED) is 0.832. The van der Waals surface area contributed by atoms with Crippen LogP contribution in [0.4, 0.5) is 10.2 Å². The summed E-state index contributed by atoms with van der Waals surface area (Å²) in [6, 6.07) is 2.89. The second-order valence-corrected chi connectivity index (χ2v) is 3.41. The maximum atomic E-state index is 13.4. The third kappa shape index (κ3) is 2.18. The van der Waals surface area contributed by atoms with Gasteiger partial charge >= 0.3 is 0 Å². The fourth-order valence-corrected chi connectivity index (χ4v) is 1.49. The average Bonchev–Trinajstić information content (AvgIpc) is 2.81. The number of anilines is 1. The molecule has 1 unspecified atom stereocenters. The molecular formula is C11H13FN4. The molecule has 0 aliphatic carbocycles. The van der Waals surface area contributed by atoms with E-state index in [-0.39, 0.29) is 17.7 Å². The van der Waals surface area contributed by atoms with Crippen LogP contribution in [-0.2, 0) is 0 Å². The molecule has 16 heavy (non-hydrogen) atoms. The highest BCUT2D eigenvalue weighted by Gasteiger charge is 2.13. The van der Waals surface area contributed by atoms with Crippen molar-refractivity contribution < 1.29 is 4.39 Å². The molecule has 0 radical (unpaired) electrons. The number of rotatable bonds is 4. The van der Waals surface area contributed by atoms with Crippen molar-refractivity contribution in [2.24, 2.45) is 0 Å². The smallest absolute Gasteiger partial charge is 0.165 e. The van der Waals surface area contributed by atoms with Gasteiger partial charge in [0.25, 0.3) is 0 Å². The van der Waals surface area contributed by atoms with Crippen molar-refractivity contribution in [1.29, 1.82) is 0 Å². The summed E-state index contributed by atoms with van der Waals surface area (Å²) in [6.45, 7) is 2.00. The molecule has 0 aliphatic heterocycles. The van der Waals surface area contributed by atoms with E-state index in [2.05, 4.69) is 20.3 Å². The lowest BCUT2D eigenvalue weighted by molar-refractivity contribution is 0.613. The summed E-state index contributed by atoms with van der Waals surface area (Å²) in [5, 5.41) is 3.02. The van der Waals surface area contributed by atoms with Crippen LogP contribution in [0.2, 0.25) is 0 Å². The second kappa shape index (κ2) is 4.74. The Morgan fingerprint density at radius 1 is 1.44 bits per heavy atom.